The van der Waals surface area contributed by atoms with Crippen molar-refractivity contribution in [2.24, 2.45) is 0 Å². The zero-order valence-corrected chi connectivity index (χ0v) is 6.91. The fourth-order valence-corrected chi connectivity index (χ4v) is 1.23. The monoisotopic (exact) mass is 204 g/mol. The minimum absolute atomic E-state index is 0.0555. The molecule has 0 saturated heterocycles. The predicted molar refractivity (Wildman–Crippen MR) is 39.9 cm³/mol. The van der Waals surface area contributed by atoms with Crippen molar-refractivity contribution >= 4 is 0 Å². The third-order valence-electron chi connectivity index (χ3n) is 1.80. The van der Waals surface area contributed by atoms with E-state index in [9.17, 15) is 0 Å². The lowest BCUT2D eigenvalue weighted by Gasteiger charge is -2.06. The normalized spacial score (nSPS) is 13.6. The Labute approximate surface area is 81.1 Å². The van der Waals surface area contributed by atoms with E-state index in [4.69, 9.17) is 14.2 Å². The van der Waals surface area contributed by atoms with Crippen molar-refractivity contribution in [1.82, 2.24) is 30.4 Å². The summed E-state index contributed by atoms with van der Waals surface area (Å²) in [7, 11) is 0. The van der Waals surface area contributed by atoms with E-state index in [1.54, 1.807) is 0 Å². The van der Waals surface area contributed by atoms with Crippen LogP contribution in [-0.4, -0.2) is 30.4 Å². The van der Waals surface area contributed by atoms with Gasteiger partial charge >= 0.3 is 18.0 Å². The van der Waals surface area contributed by atoms with Crippen molar-refractivity contribution in [2.75, 3.05) is 0 Å². The van der Waals surface area contributed by atoms with Gasteiger partial charge in [0.2, 0.25) is 0 Å². The van der Waals surface area contributed by atoms with Crippen LogP contribution in [0.3, 0.4) is 0 Å². The van der Waals surface area contributed by atoms with Crippen LogP contribution in [-0.2, 0) is 0 Å². The van der Waals surface area contributed by atoms with E-state index in [-0.39, 0.29) is 35.5 Å². The van der Waals surface area contributed by atoms with Crippen molar-refractivity contribution in [3.8, 4) is 35.5 Å². The van der Waals surface area contributed by atoms with E-state index in [0.717, 1.165) is 0 Å². The number of rotatable bonds is 0. The van der Waals surface area contributed by atoms with Gasteiger partial charge in [-0.2, -0.15) is 0 Å². The maximum atomic E-state index is 5.27. The molecule has 4 heterocycles. The number of hydrogen-bond donors (Lipinski definition) is 0. The number of ether oxygens (including phenoxy) is 3. The molecular weight excluding hydrogens is 204 g/mol. The van der Waals surface area contributed by atoms with Crippen LogP contribution in [0.2, 0.25) is 0 Å². The van der Waals surface area contributed by atoms with Gasteiger partial charge < -0.3 is 14.2 Å². The van der Waals surface area contributed by atoms with Crippen molar-refractivity contribution < 1.29 is 14.2 Å². The van der Waals surface area contributed by atoms with E-state index < -0.39 is 0 Å². The van der Waals surface area contributed by atoms with Crippen molar-refractivity contribution in [3.63, 3.8) is 0 Å². The Morgan fingerprint density at radius 2 is 1.20 bits per heavy atom. The number of nitrogens with zero attached hydrogens (tertiary/aromatic N) is 6. The molecule has 0 amide bonds. The highest BCUT2D eigenvalue weighted by molar-refractivity contribution is 5.47. The largest absolute Gasteiger partial charge is 0.412 e. The SMILES string of the molecule is n1nc2c3c(n1)Oc1nc(nc(n1)O3)O2. The zero-order chi connectivity index (χ0) is 9.83. The van der Waals surface area contributed by atoms with Crippen molar-refractivity contribution in [3.05, 3.63) is 0 Å². The van der Waals surface area contributed by atoms with Gasteiger partial charge in [-0.3, -0.25) is 0 Å². The van der Waals surface area contributed by atoms with Crippen LogP contribution in [0, 0.1) is 0 Å². The summed E-state index contributed by atoms with van der Waals surface area (Å²) in [6, 6.07) is 0.196. The molecule has 72 valence electrons. The van der Waals surface area contributed by atoms with E-state index in [2.05, 4.69) is 30.4 Å². The van der Waals surface area contributed by atoms with Crippen LogP contribution in [0.5, 0.6) is 35.5 Å². The summed E-state index contributed by atoms with van der Waals surface area (Å²) in [4.78, 5) is 11.5. The van der Waals surface area contributed by atoms with Crippen LogP contribution in [0.25, 0.3) is 0 Å². The van der Waals surface area contributed by atoms with Gasteiger partial charge in [-0.1, -0.05) is 10.2 Å². The van der Waals surface area contributed by atoms with Gasteiger partial charge in [-0.25, -0.2) is 0 Å². The number of fused-ring (bicyclic) bond motifs is 2. The van der Waals surface area contributed by atoms with Crippen LogP contribution in [0.1, 0.15) is 0 Å². The standard InChI is InChI=1S/C6N6O3/c7-4-8-6-9-5(7)14-2-1(13-4)3(15-6)11-12-10-2. The second-order valence-corrected chi connectivity index (χ2v) is 2.72. The molecule has 0 unspecified atom stereocenters. The summed E-state index contributed by atoms with van der Waals surface area (Å²) in [5, 5.41) is 10.7. The summed E-state index contributed by atoms with van der Waals surface area (Å²) in [5.74, 6) is 0.412. The molecule has 4 bridgehead atoms. The van der Waals surface area contributed by atoms with Gasteiger partial charge in [-0.15, -0.1) is 15.0 Å². The minimum atomic E-state index is 0.0555. The Morgan fingerprint density at radius 3 is 1.80 bits per heavy atom. The van der Waals surface area contributed by atoms with Crippen LogP contribution < -0.4 is 14.2 Å². The molecule has 9 heteroatoms. The van der Waals surface area contributed by atoms with Gasteiger partial charge in [0.15, 0.2) is 0 Å². The first-order valence-corrected chi connectivity index (χ1v) is 3.91. The van der Waals surface area contributed by atoms with E-state index in [0.29, 0.717) is 0 Å². The van der Waals surface area contributed by atoms with Gasteiger partial charge in [0.05, 0.1) is 0 Å². The third-order valence-corrected chi connectivity index (χ3v) is 1.80. The second kappa shape index (κ2) is 2.08. The Balaban J connectivity index is 2.15. The molecule has 15 heavy (non-hydrogen) atoms. The lowest BCUT2D eigenvalue weighted by Crippen LogP contribution is -2.02. The van der Waals surface area contributed by atoms with E-state index >= 15 is 0 Å². The highest BCUT2D eigenvalue weighted by Gasteiger charge is 2.30. The summed E-state index contributed by atoms with van der Waals surface area (Å²) < 4.78 is 15.7. The van der Waals surface area contributed by atoms with Crippen LogP contribution >= 0.6 is 0 Å². The molecule has 0 spiro atoms. The predicted octanol–water partition coefficient (Wildman–Crippen LogP) is 0.0603. The summed E-state index contributed by atoms with van der Waals surface area (Å²) >= 11 is 0. The number of aromatic nitrogens is 6. The molecule has 4 rings (SSSR count). The fourth-order valence-electron chi connectivity index (χ4n) is 1.23. The quantitative estimate of drug-likeness (QED) is 0.393. The molecule has 0 atom stereocenters. The molecule has 2 aromatic heterocycles. The first kappa shape index (κ1) is 6.81. The first-order chi connectivity index (χ1) is 7.38. The maximum Gasteiger partial charge on any atom is 0.332 e. The van der Waals surface area contributed by atoms with Gasteiger partial charge in [0.25, 0.3) is 17.5 Å². The summed E-state index contributed by atoms with van der Waals surface area (Å²) in [6.07, 6.45) is 0. The summed E-state index contributed by atoms with van der Waals surface area (Å²) in [6.45, 7) is 0. The Bertz CT molecular complexity index is 543. The average molecular weight is 204 g/mol. The zero-order valence-electron chi connectivity index (χ0n) is 6.91. The number of hydrogen-bond acceptors (Lipinski definition) is 9. The Kier molecular flexibility index (Phi) is 0.944. The van der Waals surface area contributed by atoms with Crippen molar-refractivity contribution in [2.45, 2.75) is 0 Å². The Hall–Kier alpha value is -2.58. The van der Waals surface area contributed by atoms with Gasteiger partial charge in [0, 0.05) is 0 Å². The molecule has 0 radical (unpaired) electrons. The fraction of sp³-hybridized carbons (Fsp3) is 0. The van der Waals surface area contributed by atoms with E-state index in [1.165, 1.54) is 0 Å². The third kappa shape index (κ3) is 0.808. The molecule has 2 aliphatic rings. The average Bonchev–Trinajstić information content (AvgIpc) is 2.42. The topological polar surface area (TPSA) is 105 Å². The lowest BCUT2D eigenvalue weighted by atomic mass is 10.5. The molecule has 9 nitrogen and oxygen atoms in total. The Morgan fingerprint density at radius 1 is 0.667 bits per heavy atom. The molecule has 0 saturated carbocycles. The maximum absolute atomic E-state index is 5.27. The molecule has 2 aromatic rings. The highest BCUT2D eigenvalue weighted by atomic mass is 16.6. The smallest absolute Gasteiger partial charge is 0.332 e. The lowest BCUT2D eigenvalue weighted by molar-refractivity contribution is 0.344. The first-order valence-electron chi connectivity index (χ1n) is 3.91. The molecular formula is C6N6O3. The van der Waals surface area contributed by atoms with Gasteiger partial charge in [-0.05, 0) is 5.21 Å². The second-order valence-electron chi connectivity index (χ2n) is 2.72. The molecule has 0 N–H and O–H groups in total. The molecule has 2 aliphatic heterocycles. The molecule has 0 fully saturated rings. The van der Waals surface area contributed by atoms with Crippen LogP contribution in [0.15, 0.2) is 0 Å². The summed E-state index contributed by atoms with van der Waals surface area (Å²) in [5.41, 5.74) is 0. The van der Waals surface area contributed by atoms with Crippen LogP contribution in [0.4, 0.5) is 0 Å². The highest BCUT2D eigenvalue weighted by Crippen LogP contribution is 2.43. The molecule has 0 aromatic carbocycles. The molecule has 0 aliphatic carbocycles. The van der Waals surface area contributed by atoms with Crippen molar-refractivity contribution in [1.29, 1.82) is 0 Å². The minimum Gasteiger partial charge on any atom is -0.412 e. The van der Waals surface area contributed by atoms with Gasteiger partial charge in [0.1, 0.15) is 0 Å². The van der Waals surface area contributed by atoms with E-state index in [1.807, 2.05) is 0 Å².